The van der Waals surface area contributed by atoms with Gasteiger partial charge in [0.25, 0.3) is 0 Å². The second-order valence-electron chi connectivity index (χ2n) is 2.53. The van der Waals surface area contributed by atoms with Crippen molar-refractivity contribution >= 4 is 23.1 Å². The van der Waals surface area contributed by atoms with E-state index < -0.39 is 0 Å². The third-order valence-corrected chi connectivity index (χ3v) is 3.56. The molecule has 2 aromatic heterocycles. The van der Waals surface area contributed by atoms with Gasteiger partial charge in [0.1, 0.15) is 5.03 Å². The smallest absolute Gasteiger partial charge is 0.156 e. The number of nitrogens with zero attached hydrogens (tertiary/aromatic N) is 2. The van der Waals surface area contributed by atoms with Crippen molar-refractivity contribution in [3.63, 3.8) is 0 Å². The molecule has 3 nitrogen and oxygen atoms in total. The molecular weight excluding hydrogens is 216 g/mol. The molecule has 2 rings (SSSR count). The summed E-state index contributed by atoms with van der Waals surface area (Å²) in [4.78, 5) is 8.34. The molecule has 0 saturated heterocycles. The second kappa shape index (κ2) is 4.54. The molecule has 0 atom stereocenters. The van der Waals surface area contributed by atoms with Gasteiger partial charge in [-0.15, -0.1) is 11.3 Å². The number of aromatic nitrogens is 2. The van der Waals surface area contributed by atoms with Crippen LogP contribution >= 0.6 is 23.1 Å². The van der Waals surface area contributed by atoms with Crippen molar-refractivity contribution in [2.45, 2.75) is 16.0 Å². The van der Waals surface area contributed by atoms with Gasteiger partial charge in [-0.3, -0.25) is 0 Å². The number of hydrogen-bond donors (Lipinski definition) is 1. The lowest BCUT2D eigenvalue weighted by Gasteiger charge is -2.02. The average Bonchev–Trinajstić information content (AvgIpc) is 2.71. The Bertz CT molecular complexity index is 403. The van der Waals surface area contributed by atoms with E-state index in [1.807, 2.05) is 17.5 Å². The Labute approximate surface area is 89.9 Å². The molecule has 0 bridgehead atoms. The predicted octanol–water partition coefficient (Wildman–Crippen LogP) is 2.18. The molecule has 2 heterocycles. The highest BCUT2D eigenvalue weighted by molar-refractivity contribution is 8.01. The summed E-state index contributed by atoms with van der Waals surface area (Å²) in [5.74, 6) is 0. The summed E-state index contributed by atoms with van der Waals surface area (Å²) in [5.41, 5.74) is 0.840. The summed E-state index contributed by atoms with van der Waals surface area (Å²) in [6.45, 7) is 0.0154. The number of hydrogen-bond acceptors (Lipinski definition) is 5. The van der Waals surface area contributed by atoms with Gasteiger partial charge >= 0.3 is 0 Å². The third-order valence-electron chi connectivity index (χ3n) is 1.61. The highest BCUT2D eigenvalue weighted by Gasteiger charge is 2.05. The molecule has 0 aliphatic heterocycles. The first-order valence-corrected chi connectivity index (χ1v) is 5.72. The van der Waals surface area contributed by atoms with E-state index in [0.717, 1.165) is 14.9 Å². The molecule has 14 heavy (non-hydrogen) atoms. The molecule has 0 unspecified atom stereocenters. The highest BCUT2D eigenvalue weighted by Crippen LogP contribution is 2.29. The van der Waals surface area contributed by atoms with E-state index in [2.05, 4.69) is 9.97 Å². The van der Waals surface area contributed by atoms with Crippen molar-refractivity contribution in [2.24, 2.45) is 0 Å². The Morgan fingerprint density at radius 1 is 1.36 bits per heavy atom. The van der Waals surface area contributed by atoms with Gasteiger partial charge in [-0.25, -0.2) is 9.97 Å². The number of aliphatic hydroxyl groups is 1. The quantitative estimate of drug-likeness (QED) is 0.868. The number of rotatable bonds is 3. The zero-order valence-electron chi connectivity index (χ0n) is 7.25. The van der Waals surface area contributed by atoms with Gasteiger partial charge in [0.05, 0.1) is 6.61 Å². The van der Waals surface area contributed by atoms with Gasteiger partial charge in [-0.05, 0) is 17.8 Å². The SMILES string of the molecule is OCc1cccnc1Sc1nccs1. The summed E-state index contributed by atoms with van der Waals surface area (Å²) in [6.07, 6.45) is 3.48. The van der Waals surface area contributed by atoms with Crippen LogP contribution in [0.2, 0.25) is 0 Å². The van der Waals surface area contributed by atoms with E-state index in [1.165, 1.54) is 11.8 Å². The average molecular weight is 224 g/mol. The number of pyridine rings is 1. The van der Waals surface area contributed by atoms with E-state index in [4.69, 9.17) is 5.11 Å². The Hall–Kier alpha value is -0.910. The van der Waals surface area contributed by atoms with Crippen LogP contribution in [0.5, 0.6) is 0 Å². The summed E-state index contributed by atoms with van der Waals surface area (Å²) >= 11 is 3.05. The Kier molecular flexibility index (Phi) is 3.13. The van der Waals surface area contributed by atoms with Crippen LogP contribution in [-0.4, -0.2) is 15.1 Å². The molecule has 72 valence electrons. The Morgan fingerprint density at radius 2 is 2.29 bits per heavy atom. The zero-order valence-corrected chi connectivity index (χ0v) is 8.88. The maximum Gasteiger partial charge on any atom is 0.156 e. The predicted molar refractivity (Wildman–Crippen MR) is 56.4 cm³/mol. The van der Waals surface area contributed by atoms with Crippen molar-refractivity contribution in [2.75, 3.05) is 0 Å². The van der Waals surface area contributed by atoms with Crippen molar-refractivity contribution in [1.82, 2.24) is 9.97 Å². The Balaban J connectivity index is 2.24. The van der Waals surface area contributed by atoms with Gasteiger partial charge < -0.3 is 5.11 Å². The fourth-order valence-corrected chi connectivity index (χ4v) is 2.59. The maximum atomic E-state index is 9.08. The molecule has 0 aliphatic rings. The standard InChI is InChI=1S/C9H8N2OS2/c12-6-7-2-1-3-10-8(7)14-9-11-4-5-13-9/h1-5,12H,6H2. The fraction of sp³-hybridized carbons (Fsp3) is 0.111. The molecule has 0 radical (unpaired) electrons. The summed E-state index contributed by atoms with van der Waals surface area (Å²) < 4.78 is 0.943. The van der Waals surface area contributed by atoms with Gasteiger partial charge in [-0.1, -0.05) is 6.07 Å². The number of aliphatic hydroxyl groups excluding tert-OH is 1. The van der Waals surface area contributed by atoms with Crippen molar-refractivity contribution in [3.05, 3.63) is 35.5 Å². The first-order valence-electron chi connectivity index (χ1n) is 4.02. The molecule has 5 heteroatoms. The monoisotopic (exact) mass is 224 g/mol. The summed E-state index contributed by atoms with van der Waals surface area (Å²) in [5, 5.41) is 11.8. The normalized spacial score (nSPS) is 10.4. The van der Waals surface area contributed by atoms with Crippen LogP contribution in [0, 0.1) is 0 Å². The summed E-state index contributed by atoms with van der Waals surface area (Å²) in [7, 11) is 0. The molecule has 0 fully saturated rings. The van der Waals surface area contributed by atoms with E-state index in [9.17, 15) is 0 Å². The lowest BCUT2D eigenvalue weighted by atomic mass is 10.3. The first kappa shape index (κ1) is 9.64. The topological polar surface area (TPSA) is 46.0 Å². The molecule has 2 aromatic rings. The van der Waals surface area contributed by atoms with Crippen LogP contribution in [0.3, 0.4) is 0 Å². The Morgan fingerprint density at radius 3 is 3.00 bits per heavy atom. The molecular formula is C9H8N2OS2. The van der Waals surface area contributed by atoms with Gasteiger partial charge in [-0.2, -0.15) is 0 Å². The van der Waals surface area contributed by atoms with Gasteiger partial charge in [0.2, 0.25) is 0 Å². The molecule has 0 aromatic carbocycles. The lowest BCUT2D eigenvalue weighted by molar-refractivity contribution is 0.278. The van der Waals surface area contributed by atoms with Crippen LogP contribution < -0.4 is 0 Å². The maximum absolute atomic E-state index is 9.08. The van der Waals surface area contributed by atoms with E-state index >= 15 is 0 Å². The molecule has 0 aliphatic carbocycles. The lowest BCUT2D eigenvalue weighted by Crippen LogP contribution is -1.89. The van der Waals surface area contributed by atoms with E-state index in [-0.39, 0.29) is 6.61 Å². The third kappa shape index (κ3) is 2.12. The van der Waals surface area contributed by atoms with Crippen LogP contribution in [-0.2, 0) is 6.61 Å². The molecule has 0 saturated carbocycles. The van der Waals surface area contributed by atoms with Gasteiger partial charge in [0.15, 0.2) is 4.34 Å². The summed E-state index contributed by atoms with van der Waals surface area (Å²) in [6, 6.07) is 3.68. The number of thiazole rings is 1. The molecule has 1 N–H and O–H groups in total. The minimum absolute atomic E-state index is 0.0154. The van der Waals surface area contributed by atoms with Crippen LogP contribution in [0.4, 0.5) is 0 Å². The van der Waals surface area contributed by atoms with E-state index in [1.54, 1.807) is 23.7 Å². The van der Waals surface area contributed by atoms with Gasteiger partial charge in [0, 0.05) is 23.3 Å². The minimum Gasteiger partial charge on any atom is -0.392 e. The minimum atomic E-state index is 0.0154. The molecule has 0 amide bonds. The van der Waals surface area contributed by atoms with Crippen molar-refractivity contribution in [1.29, 1.82) is 0 Å². The van der Waals surface area contributed by atoms with Crippen LogP contribution in [0.15, 0.2) is 39.3 Å². The van der Waals surface area contributed by atoms with Crippen molar-refractivity contribution < 1.29 is 5.11 Å². The fourth-order valence-electron chi connectivity index (χ4n) is 0.980. The first-order chi connectivity index (χ1) is 6.90. The zero-order chi connectivity index (χ0) is 9.80. The van der Waals surface area contributed by atoms with E-state index in [0.29, 0.717) is 0 Å². The highest BCUT2D eigenvalue weighted by atomic mass is 32.2. The molecule has 0 spiro atoms. The van der Waals surface area contributed by atoms with Crippen LogP contribution in [0.1, 0.15) is 5.56 Å². The largest absolute Gasteiger partial charge is 0.392 e. The van der Waals surface area contributed by atoms with Crippen molar-refractivity contribution in [3.8, 4) is 0 Å². The second-order valence-corrected chi connectivity index (χ2v) is 4.66. The van der Waals surface area contributed by atoms with Crippen LogP contribution in [0.25, 0.3) is 0 Å².